The van der Waals surface area contributed by atoms with Crippen LogP contribution < -0.4 is 10.8 Å². The quantitative estimate of drug-likeness (QED) is 0.0449. The number of nitrogens with one attached hydrogen (secondary N) is 3. The Hall–Kier alpha value is -3.26. The van der Waals surface area contributed by atoms with Crippen LogP contribution in [0.5, 0.6) is 0 Å². The van der Waals surface area contributed by atoms with Crippen molar-refractivity contribution in [1.29, 1.82) is 0 Å². The van der Waals surface area contributed by atoms with Crippen LogP contribution in [0.15, 0.2) is 77.1 Å². The molecule has 7 heteroatoms. The van der Waals surface area contributed by atoms with Crippen molar-refractivity contribution >= 4 is 34.6 Å². The minimum Gasteiger partial charge on any atom is -0.493 e. The zero-order valence-corrected chi connectivity index (χ0v) is 27.0. The highest BCUT2D eigenvalue weighted by Crippen LogP contribution is 2.35. The standard InChI is InChI=1S/C23H25N3O2S.C10H18O.C2H6/c27-22(26-28)10-8-16-3-5-18(6-4-16)15-24-12-11-17-7-9-19-20-2-1-13-29-23(20)25-21(19)14-17;1-6-7-11-10(8(2)3)9(4)5;1-2/h3-10,14,24-25,28H,1-2,11-13,15H2,(H,26,27);2,6-7H2,1,3-5H3;1-2H3/b10-8+;;. The van der Waals surface area contributed by atoms with Crippen molar-refractivity contribution in [3.05, 3.63) is 94.3 Å². The molecule has 0 saturated heterocycles. The summed E-state index contributed by atoms with van der Waals surface area (Å²) in [5, 5.41) is 14.7. The fraction of sp³-hybridized carbons (Fsp3) is 0.400. The van der Waals surface area contributed by atoms with Gasteiger partial charge in [-0.2, -0.15) is 0 Å². The molecule has 3 aromatic rings. The third-order valence-corrected chi connectivity index (χ3v) is 7.61. The van der Waals surface area contributed by atoms with E-state index in [0.717, 1.165) is 49.4 Å². The highest BCUT2D eigenvalue weighted by atomic mass is 32.2. The van der Waals surface area contributed by atoms with Crippen LogP contribution in [0.4, 0.5) is 0 Å². The normalized spacial score (nSPS) is 12.0. The molecule has 2 heterocycles. The molecule has 0 unspecified atom stereocenters. The van der Waals surface area contributed by atoms with E-state index in [1.54, 1.807) is 11.6 Å². The second-order valence-corrected chi connectivity index (χ2v) is 11.3. The predicted octanol–water partition coefficient (Wildman–Crippen LogP) is 8.37. The molecule has 1 amide bonds. The molecule has 1 aromatic heterocycles. The Kier molecular flexibility index (Phi) is 15.8. The summed E-state index contributed by atoms with van der Waals surface area (Å²) in [6.07, 6.45) is 7.45. The number of allylic oxidation sites excluding steroid dienone is 2. The number of hydrogen-bond acceptors (Lipinski definition) is 5. The number of hydrogen-bond donors (Lipinski definition) is 4. The molecule has 2 aromatic carbocycles. The molecular weight excluding hydrogens is 542 g/mol. The molecule has 42 heavy (non-hydrogen) atoms. The number of carbonyl (C=O) groups is 1. The van der Waals surface area contributed by atoms with Crippen molar-refractivity contribution in [1.82, 2.24) is 15.8 Å². The van der Waals surface area contributed by atoms with Crippen LogP contribution in [0.3, 0.4) is 0 Å². The number of aromatic amines is 1. The van der Waals surface area contributed by atoms with Gasteiger partial charge in [-0.15, -0.1) is 11.8 Å². The van der Waals surface area contributed by atoms with E-state index in [2.05, 4.69) is 42.0 Å². The van der Waals surface area contributed by atoms with Crippen molar-refractivity contribution in [3.8, 4) is 0 Å². The van der Waals surface area contributed by atoms with Crippen LogP contribution in [-0.2, 0) is 28.9 Å². The summed E-state index contributed by atoms with van der Waals surface area (Å²) in [5.74, 6) is 1.64. The van der Waals surface area contributed by atoms with E-state index in [4.69, 9.17) is 9.94 Å². The number of benzene rings is 2. The first kappa shape index (κ1) is 34.9. The zero-order chi connectivity index (χ0) is 30.9. The van der Waals surface area contributed by atoms with Gasteiger partial charge in [0.05, 0.1) is 11.6 Å². The van der Waals surface area contributed by atoms with Gasteiger partial charge in [-0.1, -0.05) is 63.7 Å². The van der Waals surface area contributed by atoms with Crippen LogP contribution >= 0.6 is 11.8 Å². The summed E-state index contributed by atoms with van der Waals surface area (Å²) in [5.41, 5.74) is 10.0. The Balaban J connectivity index is 0.000000403. The summed E-state index contributed by atoms with van der Waals surface area (Å²) in [4.78, 5) is 14.6. The number of ether oxygens (including phenoxy) is 1. The lowest BCUT2D eigenvalue weighted by molar-refractivity contribution is -0.124. The number of H-pyrrole nitrogens is 1. The lowest BCUT2D eigenvalue weighted by Crippen LogP contribution is -2.16. The number of hydroxylamine groups is 1. The Morgan fingerprint density at radius 2 is 1.83 bits per heavy atom. The van der Waals surface area contributed by atoms with Gasteiger partial charge in [0.15, 0.2) is 0 Å². The number of thioether (sulfide) groups is 1. The molecule has 0 radical (unpaired) electrons. The van der Waals surface area contributed by atoms with Crippen molar-refractivity contribution in [2.75, 3.05) is 18.9 Å². The largest absolute Gasteiger partial charge is 0.493 e. The molecule has 1 aliphatic heterocycles. The molecule has 0 saturated carbocycles. The van der Waals surface area contributed by atoms with Gasteiger partial charge in [-0.3, -0.25) is 10.0 Å². The average molecular weight is 592 g/mol. The van der Waals surface area contributed by atoms with Gasteiger partial charge < -0.3 is 15.0 Å². The Morgan fingerprint density at radius 3 is 2.48 bits per heavy atom. The van der Waals surface area contributed by atoms with Crippen molar-refractivity contribution in [3.63, 3.8) is 0 Å². The maximum Gasteiger partial charge on any atom is 0.267 e. The maximum absolute atomic E-state index is 11.0. The first-order chi connectivity index (χ1) is 20.3. The third kappa shape index (κ3) is 11.2. The van der Waals surface area contributed by atoms with Crippen LogP contribution in [0.25, 0.3) is 17.0 Å². The monoisotopic (exact) mass is 591 g/mol. The van der Waals surface area contributed by atoms with Gasteiger partial charge in [-0.05, 0) is 104 Å². The number of aryl methyl sites for hydroxylation is 1. The van der Waals surface area contributed by atoms with E-state index >= 15 is 0 Å². The average Bonchev–Trinajstić information content (AvgIpc) is 3.38. The van der Waals surface area contributed by atoms with Gasteiger partial charge in [0.2, 0.25) is 0 Å². The molecule has 0 atom stereocenters. The van der Waals surface area contributed by atoms with Crippen molar-refractivity contribution < 1.29 is 14.7 Å². The molecule has 6 nitrogen and oxygen atoms in total. The van der Waals surface area contributed by atoms with Gasteiger partial charge in [0.25, 0.3) is 5.91 Å². The van der Waals surface area contributed by atoms with E-state index in [1.165, 1.54) is 62.9 Å². The SMILES string of the molecule is C=C(C)C(OCCC)=C(C)C.CC.O=C(/C=C/c1ccc(CNCCc2ccc3c4c([nH]c3c2)SCCC4)cc1)NO. The van der Waals surface area contributed by atoms with Crippen molar-refractivity contribution in [2.24, 2.45) is 0 Å². The maximum atomic E-state index is 11.0. The summed E-state index contributed by atoms with van der Waals surface area (Å²) in [7, 11) is 0. The lowest BCUT2D eigenvalue weighted by atomic mass is 10.1. The fourth-order valence-corrected chi connectivity index (χ4v) is 5.61. The number of amides is 1. The number of carbonyl (C=O) groups excluding carboxylic acids is 1. The summed E-state index contributed by atoms with van der Waals surface area (Å²) in [6, 6.07) is 14.8. The minimum atomic E-state index is -0.535. The van der Waals surface area contributed by atoms with E-state index < -0.39 is 5.91 Å². The lowest BCUT2D eigenvalue weighted by Gasteiger charge is -2.10. The van der Waals surface area contributed by atoms with Crippen LogP contribution in [-0.4, -0.2) is 35.0 Å². The van der Waals surface area contributed by atoms with Crippen LogP contribution in [0.2, 0.25) is 0 Å². The summed E-state index contributed by atoms with van der Waals surface area (Å²) >= 11 is 1.94. The van der Waals surface area contributed by atoms with Gasteiger partial charge >= 0.3 is 0 Å². The number of fused-ring (bicyclic) bond motifs is 3. The van der Waals surface area contributed by atoms with Crippen molar-refractivity contribution in [2.45, 2.75) is 78.8 Å². The van der Waals surface area contributed by atoms with Gasteiger partial charge in [-0.25, -0.2) is 5.48 Å². The van der Waals surface area contributed by atoms with Crippen LogP contribution in [0.1, 0.15) is 76.6 Å². The topological polar surface area (TPSA) is 86.4 Å². The Morgan fingerprint density at radius 1 is 1.12 bits per heavy atom. The van der Waals surface area contributed by atoms with Gasteiger partial charge in [0, 0.05) is 23.5 Å². The Labute approximate surface area is 256 Å². The number of aromatic nitrogens is 1. The molecule has 0 spiro atoms. The van der Waals surface area contributed by atoms with Crippen LogP contribution in [0, 0.1) is 0 Å². The molecule has 4 N–H and O–H groups in total. The number of rotatable bonds is 11. The summed E-state index contributed by atoms with van der Waals surface area (Å²) in [6.45, 7) is 18.5. The second-order valence-electron chi connectivity index (χ2n) is 10.2. The molecule has 228 valence electrons. The zero-order valence-electron chi connectivity index (χ0n) is 26.2. The van der Waals surface area contributed by atoms with E-state index in [-0.39, 0.29) is 0 Å². The molecular formula is C35H49N3O3S. The molecule has 0 bridgehead atoms. The van der Waals surface area contributed by atoms with E-state index in [1.807, 2.05) is 70.6 Å². The minimum absolute atomic E-state index is 0.535. The second kappa shape index (κ2) is 19.0. The molecule has 1 aliphatic rings. The molecule has 0 aliphatic carbocycles. The Bertz CT molecular complexity index is 1340. The van der Waals surface area contributed by atoms with E-state index in [9.17, 15) is 4.79 Å². The highest BCUT2D eigenvalue weighted by molar-refractivity contribution is 7.99. The van der Waals surface area contributed by atoms with E-state index in [0.29, 0.717) is 0 Å². The first-order valence-corrected chi connectivity index (χ1v) is 15.9. The molecule has 0 fully saturated rings. The first-order valence-electron chi connectivity index (χ1n) is 15.0. The highest BCUT2D eigenvalue weighted by Gasteiger charge is 2.15. The molecule has 4 rings (SSSR count). The summed E-state index contributed by atoms with van der Waals surface area (Å²) < 4.78 is 5.49. The third-order valence-electron chi connectivity index (χ3n) is 6.48. The smallest absolute Gasteiger partial charge is 0.267 e. The van der Waals surface area contributed by atoms with Gasteiger partial charge in [0.1, 0.15) is 5.76 Å². The predicted molar refractivity (Wildman–Crippen MR) is 179 cm³/mol. The fourth-order valence-electron chi connectivity index (χ4n) is 4.55.